The summed E-state index contributed by atoms with van der Waals surface area (Å²) in [5.74, 6) is -5.39. The van der Waals surface area contributed by atoms with Crippen LogP contribution < -0.4 is 15.1 Å². The summed E-state index contributed by atoms with van der Waals surface area (Å²) < 4.78 is 46.8. The number of carbonyl (C=O) groups excluding carboxylic acids is 3. The fraction of sp³-hybridized carbons (Fsp3) is 0.286. The molecule has 0 spiro atoms. The van der Waals surface area contributed by atoms with Crippen LogP contribution in [-0.4, -0.2) is 52.5 Å². The Morgan fingerprint density at radius 1 is 1.22 bits per heavy atom. The summed E-state index contributed by atoms with van der Waals surface area (Å²) in [5.41, 5.74) is 0.986. The number of carbonyl (C=O) groups is 3. The van der Waals surface area contributed by atoms with Gasteiger partial charge in [-0.1, -0.05) is 24.3 Å². The van der Waals surface area contributed by atoms with Crippen LogP contribution in [0.2, 0.25) is 0 Å². The van der Waals surface area contributed by atoms with E-state index in [1.54, 1.807) is 31.2 Å². The molecule has 2 fully saturated rings. The zero-order valence-electron chi connectivity index (χ0n) is 21.6. The second-order valence-electron chi connectivity index (χ2n) is 9.78. The molecule has 41 heavy (non-hydrogen) atoms. The first-order chi connectivity index (χ1) is 19.6. The fourth-order valence-electron chi connectivity index (χ4n) is 4.91. The monoisotopic (exact) mass is 564 g/mol. The lowest BCUT2D eigenvalue weighted by molar-refractivity contribution is -0.133. The van der Waals surface area contributed by atoms with Gasteiger partial charge in [0.1, 0.15) is 24.3 Å². The third-order valence-electron chi connectivity index (χ3n) is 6.91. The van der Waals surface area contributed by atoms with Crippen LogP contribution in [0.4, 0.5) is 29.5 Å². The normalized spacial score (nSPS) is 18.6. The number of nitriles is 1. The lowest BCUT2D eigenvalue weighted by Gasteiger charge is -2.39. The van der Waals surface area contributed by atoms with Gasteiger partial charge in [-0.2, -0.15) is 5.26 Å². The number of ether oxygens (including phenoxy) is 1. The van der Waals surface area contributed by atoms with Gasteiger partial charge >= 0.3 is 6.09 Å². The maximum Gasteiger partial charge on any atom is 0.416 e. The van der Waals surface area contributed by atoms with Gasteiger partial charge in [-0.05, 0) is 30.2 Å². The number of nitrogens with one attached hydrogen (secondary N) is 1. The van der Waals surface area contributed by atoms with Gasteiger partial charge in [0, 0.05) is 31.1 Å². The highest BCUT2D eigenvalue weighted by Crippen LogP contribution is 2.39. The molecule has 3 amide bonds. The molecule has 5 rings (SSSR count). The van der Waals surface area contributed by atoms with Gasteiger partial charge in [0.05, 0.1) is 29.7 Å². The van der Waals surface area contributed by atoms with Crippen LogP contribution in [0, 0.1) is 24.1 Å². The molecule has 0 radical (unpaired) electrons. The highest BCUT2D eigenvalue weighted by atomic mass is 19.3. The predicted molar refractivity (Wildman–Crippen MR) is 138 cm³/mol. The van der Waals surface area contributed by atoms with Crippen molar-refractivity contribution in [3.05, 3.63) is 83.6 Å². The summed E-state index contributed by atoms with van der Waals surface area (Å²) in [5, 5.41) is 11.9. The number of amides is 3. The molecule has 2 atom stereocenters. The number of anilines is 2. The van der Waals surface area contributed by atoms with Crippen molar-refractivity contribution in [1.29, 1.82) is 5.26 Å². The lowest BCUT2D eigenvalue weighted by Crippen LogP contribution is -2.56. The van der Waals surface area contributed by atoms with Gasteiger partial charge in [0.2, 0.25) is 5.91 Å². The fourth-order valence-corrected chi connectivity index (χ4v) is 4.91. The van der Waals surface area contributed by atoms with Gasteiger partial charge in [-0.15, -0.1) is 0 Å². The van der Waals surface area contributed by atoms with E-state index in [9.17, 15) is 32.8 Å². The molecule has 2 aromatic heterocycles. The highest BCUT2D eigenvalue weighted by Gasteiger charge is 2.49. The second-order valence-corrected chi connectivity index (χ2v) is 9.78. The van der Waals surface area contributed by atoms with Crippen molar-refractivity contribution in [2.45, 2.75) is 43.8 Å². The van der Waals surface area contributed by atoms with Crippen molar-refractivity contribution in [2.75, 3.05) is 16.4 Å². The van der Waals surface area contributed by atoms with E-state index in [1.807, 2.05) is 6.07 Å². The molecule has 0 unspecified atom stereocenters. The van der Waals surface area contributed by atoms with Gasteiger partial charge in [0.15, 0.2) is 6.04 Å². The summed E-state index contributed by atoms with van der Waals surface area (Å²) in [6.45, 7) is 1.26. The molecule has 2 aliphatic rings. The lowest BCUT2D eigenvalue weighted by atomic mass is 9.87. The number of rotatable bonds is 7. The molecule has 13 heteroatoms. The van der Waals surface area contributed by atoms with Crippen molar-refractivity contribution >= 4 is 29.4 Å². The second kappa shape index (κ2) is 10.9. The zero-order valence-corrected chi connectivity index (χ0v) is 21.6. The van der Waals surface area contributed by atoms with Crippen LogP contribution in [0.5, 0.6) is 0 Å². The van der Waals surface area contributed by atoms with E-state index in [0.717, 1.165) is 22.1 Å². The summed E-state index contributed by atoms with van der Waals surface area (Å²) in [7, 11) is 0. The van der Waals surface area contributed by atoms with E-state index >= 15 is 0 Å². The molecule has 3 aromatic rings. The minimum Gasteiger partial charge on any atom is -0.446 e. The Morgan fingerprint density at radius 2 is 1.98 bits per heavy atom. The molecule has 1 N–H and O–H groups in total. The van der Waals surface area contributed by atoms with Crippen LogP contribution >= 0.6 is 0 Å². The first kappa shape index (κ1) is 27.6. The number of hydrogen-bond donors (Lipinski definition) is 1. The summed E-state index contributed by atoms with van der Waals surface area (Å²) in [6, 6.07) is 8.61. The molecular weight excluding hydrogens is 541 g/mol. The number of nitrogens with zero attached hydrogens (tertiary/aromatic N) is 5. The van der Waals surface area contributed by atoms with Crippen LogP contribution in [0.25, 0.3) is 0 Å². The Balaban J connectivity index is 1.61. The number of aromatic nitrogens is 2. The van der Waals surface area contributed by atoms with Gasteiger partial charge < -0.3 is 10.1 Å². The van der Waals surface area contributed by atoms with E-state index in [0.29, 0.717) is 11.1 Å². The van der Waals surface area contributed by atoms with Gasteiger partial charge in [-0.25, -0.2) is 27.8 Å². The quantitative estimate of drug-likeness (QED) is 0.462. The first-order valence-corrected chi connectivity index (χ1v) is 12.6. The third-order valence-corrected chi connectivity index (χ3v) is 6.91. The largest absolute Gasteiger partial charge is 0.446 e. The molecule has 1 saturated heterocycles. The number of hydrogen-bond acceptors (Lipinski definition) is 7. The molecule has 0 bridgehead atoms. The van der Waals surface area contributed by atoms with E-state index in [-0.39, 0.29) is 17.1 Å². The van der Waals surface area contributed by atoms with E-state index in [4.69, 9.17) is 4.74 Å². The smallest absolute Gasteiger partial charge is 0.416 e. The summed E-state index contributed by atoms with van der Waals surface area (Å²) >= 11 is 0. The molecule has 1 aliphatic carbocycles. The van der Waals surface area contributed by atoms with Crippen LogP contribution in [0.3, 0.4) is 0 Å². The molecule has 1 aromatic carbocycles. The van der Waals surface area contributed by atoms with Crippen molar-refractivity contribution in [3.8, 4) is 6.07 Å². The van der Waals surface area contributed by atoms with Crippen molar-refractivity contribution in [3.63, 3.8) is 0 Å². The molecule has 1 aliphatic heterocycles. The Bertz CT molecular complexity index is 1550. The van der Waals surface area contributed by atoms with Gasteiger partial charge in [-0.3, -0.25) is 19.5 Å². The van der Waals surface area contributed by atoms with Gasteiger partial charge in [0.25, 0.3) is 11.8 Å². The average molecular weight is 565 g/mol. The average Bonchev–Trinajstić information content (AvgIpc) is 3.32. The maximum atomic E-state index is 14.4. The number of aryl methyl sites for hydroxylation is 1. The predicted octanol–water partition coefficient (Wildman–Crippen LogP) is 3.81. The zero-order chi connectivity index (χ0) is 29.3. The number of alkyl halides is 2. The van der Waals surface area contributed by atoms with Crippen LogP contribution in [0.1, 0.15) is 35.6 Å². The number of benzene rings is 1. The van der Waals surface area contributed by atoms with Crippen LogP contribution in [-0.2, 0) is 14.3 Å². The summed E-state index contributed by atoms with van der Waals surface area (Å²) in [6.07, 6.45) is 1.33. The minimum absolute atomic E-state index is 0.0455. The molecule has 1 saturated carbocycles. The number of cyclic esters (lactones) is 1. The van der Waals surface area contributed by atoms with E-state index < -0.39 is 67.2 Å². The van der Waals surface area contributed by atoms with Crippen LogP contribution in [0.15, 0.2) is 61.1 Å². The standard InChI is InChI=1S/C28H23F3N6O4/c1-16-4-2-3-5-21(16)24(25(38)35-19-10-28(30,31)11-19)36(20-9-18(29)13-33-14-20)26(39)22-15-41-27(40)37(22)23-8-17(12-32)6-7-34-23/h2-9,13-14,19,22,24H,10-11,15H2,1H3,(H,35,38)/t22-,24-/m0/s1. The van der Waals surface area contributed by atoms with E-state index in [1.165, 1.54) is 24.5 Å². The Labute approximate surface area is 232 Å². The number of pyridine rings is 2. The molecular formula is C28H23F3N6O4. The molecule has 210 valence electrons. The summed E-state index contributed by atoms with van der Waals surface area (Å²) in [4.78, 5) is 50.8. The SMILES string of the molecule is Cc1ccccc1[C@@H](C(=O)NC1CC(F)(F)C1)N(C(=O)[C@@H]1COC(=O)N1c1cc(C#N)ccn1)c1cncc(F)c1. The Kier molecular flexibility index (Phi) is 7.32. The Morgan fingerprint density at radius 3 is 2.66 bits per heavy atom. The third kappa shape index (κ3) is 5.54. The first-order valence-electron chi connectivity index (χ1n) is 12.6. The molecule has 3 heterocycles. The Hall–Kier alpha value is -4.99. The maximum absolute atomic E-state index is 14.4. The van der Waals surface area contributed by atoms with Crippen molar-refractivity contribution in [1.82, 2.24) is 15.3 Å². The topological polar surface area (TPSA) is 129 Å². The highest BCUT2D eigenvalue weighted by molar-refractivity contribution is 6.09. The molecule has 10 nitrogen and oxygen atoms in total. The number of halogens is 3. The minimum atomic E-state index is -2.91. The van der Waals surface area contributed by atoms with Crippen molar-refractivity contribution < 1.29 is 32.3 Å². The van der Waals surface area contributed by atoms with Crippen molar-refractivity contribution in [2.24, 2.45) is 0 Å². The van der Waals surface area contributed by atoms with E-state index in [2.05, 4.69) is 15.3 Å².